The average Bonchev–Trinajstić information content (AvgIpc) is 3.49. The van der Waals surface area contributed by atoms with Gasteiger partial charge in [0.15, 0.2) is 0 Å². The Morgan fingerprint density at radius 1 is 1.12 bits per heavy atom. The summed E-state index contributed by atoms with van der Waals surface area (Å²) in [5, 5.41) is 6.61. The predicted molar refractivity (Wildman–Crippen MR) is 161 cm³/mol. The van der Waals surface area contributed by atoms with E-state index in [0.29, 0.717) is 41.3 Å². The number of anilines is 2. The number of halogens is 1. The van der Waals surface area contributed by atoms with Crippen LogP contribution < -0.4 is 20.3 Å². The third-order valence-electron chi connectivity index (χ3n) is 7.03. The van der Waals surface area contributed by atoms with Gasteiger partial charge in [-0.2, -0.15) is 4.98 Å². The second kappa shape index (κ2) is 15.9. The molecule has 1 aromatic carbocycles. The minimum atomic E-state index is -0.362. The molecular formula is C30H38ClN7O4. The fraction of sp³-hybridized carbons (Fsp3) is 0.467. The summed E-state index contributed by atoms with van der Waals surface area (Å²) < 4.78 is 10.9. The van der Waals surface area contributed by atoms with Crippen molar-refractivity contribution in [3.63, 3.8) is 0 Å². The van der Waals surface area contributed by atoms with Gasteiger partial charge in [-0.3, -0.25) is 9.59 Å². The van der Waals surface area contributed by atoms with E-state index >= 15 is 0 Å². The average molecular weight is 596 g/mol. The fourth-order valence-electron chi connectivity index (χ4n) is 4.72. The van der Waals surface area contributed by atoms with Crippen LogP contribution in [0.3, 0.4) is 0 Å². The Bertz CT molecular complexity index is 1330. The Morgan fingerprint density at radius 3 is 2.71 bits per heavy atom. The molecule has 0 radical (unpaired) electrons. The van der Waals surface area contributed by atoms with Crippen molar-refractivity contribution in [3.8, 4) is 5.75 Å². The summed E-state index contributed by atoms with van der Waals surface area (Å²) in [6, 6.07) is 7.16. The van der Waals surface area contributed by atoms with E-state index in [4.69, 9.17) is 26.1 Å². The van der Waals surface area contributed by atoms with Crippen LogP contribution in [0, 0.1) is 0 Å². The smallest absolute Gasteiger partial charge is 0.305 e. The minimum Gasteiger partial charge on any atom is -0.495 e. The zero-order chi connectivity index (χ0) is 29.7. The highest BCUT2D eigenvalue weighted by molar-refractivity contribution is 6.32. The molecule has 11 nitrogen and oxygen atoms in total. The summed E-state index contributed by atoms with van der Waals surface area (Å²) in [7, 11) is 1.56. The van der Waals surface area contributed by atoms with E-state index < -0.39 is 0 Å². The molecule has 3 heterocycles. The molecule has 1 amide bonds. The molecule has 42 heavy (non-hydrogen) atoms. The van der Waals surface area contributed by atoms with Crippen molar-refractivity contribution in [1.29, 1.82) is 0 Å². The predicted octanol–water partition coefficient (Wildman–Crippen LogP) is 4.95. The van der Waals surface area contributed by atoms with Crippen LogP contribution >= 0.6 is 11.6 Å². The topological polar surface area (TPSA) is 131 Å². The number of esters is 1. The molecule has 0 aliphatic carbocycles. The quantitative estimate of drug-likeness (QED) is 0.184. The first-order valence-electron chi connectivity index (χ1n) is 14.4. The highest BCUT2D eigenvalue weighted by Crippen LogP contribution is 2.27. The number of hydrogen-bond donors (Lipinski definition) is 2. The summed E-state index contributed by atoms with van der Waals surface area (Å²) >= 11 is 6.32. The molecule has 0 bridgehead atoms. The van der Waals surface area contributed by atoms with Gasteiger partial charge in [-0.25, -0.2) is 15.0 Å². The zero-order valence-corrected chi connectivity index (χ0v) is 24.9. The van der Waals surface area contributed by atoms with Gasteiger partial charge in [0, 0.05) is 38.1 Å². The van der Waals surface area contributed by atoms with E-state index in [1.54, 1.807) is 37.7 Å². The number of carbonyl (C=O) groups is 2. The van der Waals surface area contributed by atoms with Crippen LogP contribution in [0.2, 0.25) is 5.02 Å². The van der Waals surface area contributed by atoms with Crippen LogP contribution in [-0.2, 0) is 22.6 Å². The normalized spacial score (nSPS) is 14.5. The number of ether oxygens (including phenoxy) is 2. The monoisotopic (exact) mass is 595 g/mol. The molecule has 2 N–H and O–H groups in total. The first-order valence-corrected chi connectivity index (χ1v) is 14.8. The lowest BCUT2D eigenvalue weighted by atomic mass is 10.1. The zero-order valence-electron chi connectivity index (χ0n) is 24.1. The number of nitrogens with zero attached hydrogens (tertiary/aromatic N) is 5. The molecule has 1 fully saturated rings. The van der Waals surface area contributed by atoms with Crippen molar-refractivity contribution in [2.24, 2.45) is 0 Å². The molecule has 1 aliphatic rings. The molecule has 4 rings (SSSR count). The van der Waals surface area contributed by atoms with Gasteiger partial charge >= 0.3 is 5.97 Å². The van der Waals surface area contributed by atoms with Crippen LogP contribution in [0.5, 0.6) is 5.75 Å². The molecule has 0 spiro atoms. The molecule has 1 atom stereocenters. The van der Waals surface area contributed by atoms with Gasteiger partial charge in [-0.1, -0.05) is 43.9 Å². The lowest BCUT2D eigenvalue weighted by Crippen LogP contribution is -2.35. The van der Waals surface area contributed by atoms with Gasteiger partial charge in [-0.05, 0) is 43.0 Å². The number of nitrogens with one attached hydrogen (secondary N) is 2. The SMILES string of the molecule is CCCCCCC(=O)OC[C@@H]1CCCN1c1ncc(C(=O)NCc2ncccn2)c(NCc2ccc(OC)c(Cl)c2)n1. The molecule has 1 saturated heterocycles. The summed E-state index contributed by atoms with van der Waals surface area (Å²) in [5.41, 5.74) is 1.17. The molecule has 3 aromatic rings. The van der Waals surface area contributed by atoms with Crippen molar-refractivity contribution >= 4 is 35.2 Å². The van der Waals surface area contributed by atoms with E-state index in [1.165, 1.54) is 6.20 Å². The summed E-state index contributed by atoms with van der Waals surface area (Å²) in [5.74, 6) is 1.37. The first-order chi connectivity index (χ1) is 20.5. The Labute approximate surface area is 251 Å². The van der Waals surface area contributed by atoms with Crippen molar-refractivity contribution < 1.29 is 19.1 Å². The Kier molecular flexibility index (Phi) is 11.7. The van der Waals surface area contributed by atoms with Crippen LogP contribution in [0.25, 0.3) is 0 Å². The fourth-order valence-corrected chi connectivity index (χ4v) is 5.00. The maximum Gasteiger partial charge on any atom is 0.305 e. The lowest BCUT2D eigenvalue weighted by molar-refractivity contribution is -0.144. The second-order valence-electron chi connectivity index (χ2n) is 10.1. The van der Waals surface area contributed by atoms with Crippen molar-refractivity contribution in [2.45, 2.75) is 71.0 Å². The van der Waals surface area contributed by atoms with E-state index in [2.05, 4.69) is 32.5 Å². The van der Waals surface area contributed by atoms with Gasteiger partial charge in [-0.15, -0.1) is 0 Å². The molecule has 2 aromatic heterocycles. The standard InChI is InChI=1S/C30H38ClN7O4/c1-3-4-5-6-10-27(39)42-20-22-9-7-15-38(22)30-36-18-23(29(40)35-19-26-32-13-8-14-33-26)28(37-30)34-17-21-11-12-25(41-2)24(31)16-21/h8,11-14,16,18,22H,3-7,9-10,15,17,19-20H2,1-2H3,(H,35,40)(H,34,36,37)/t22-/m0/s1. The lowest BCUT2D eigenvalue weighted by Gasteiger charge is -2.25. The van der Waals surface area contributed by atoms with Crippen LogP contribution in [0.4, 0.5) is 11.8 Å². The number of methoxy groups -OCH3 is 1. The highest BCUT2D eigenvalue weighted by atomic mass is 35.5. The minimum absolute atomic E-state index is 0.0345. The Morgan fingerprint density at radius 2 is 1.95 bits per heavy atom. The number of carbonyl (C=O) groups excluding carboxylic acids is 2. The third-order valence-corrected chi connectivity index (χ3v) is 7.32. The number of hydrogen-bond acceptors (Lipinski definition) is 10. The Balaban J connectivity index is 1.48. The van der Waals surface area contributed by atoms with Crippen LogP contribution in [0.15, 0.2) is 42.9 Å². The maximum atomic E-state index is 13.2. The van der Waals surface area contributed by atoms with Gasteiger partial charge in [0.25, 0.3) is 5.91 Å². The number of amides is 1. The highest BCUT2D eigenvalue weighted by Gasteiger charge is 2.29. The number of unbranched alkanes of at least 4 members (excludes halogenated alkanes) is 3. The van der Waals surface area contributed by atoms with Crippen molar-refractivity contribution in [3.05, 3.63) is 64.8 Å². The molecule has 1 aliphatic heterocycles. The Hall–Kier alpha value is -3.99. The van der Waals surface area contributed by atoms with Crippen molar-refractivity contribution in [1.82, 2.24) is 25.3 Å². The molecular weight excluding hydrogens is 558 g/mol. The van der Waals surface area contributed by atoms with Gasteiger partial charge in [0.1, 0.15) is 29.6 Å². The number of rotatable bonds is 15. The summed E-state index contributed by atoms with van der Waals surface area (Å²) in [6.45, 7) is 3.67. The van der Waals surface area contributed by atoms with Gasteiger partial charge in [0.2, 0.25) is 5.95 Å². The van der Waals surface area contributed by atoms with E-state index in [0.717, 1.165) is 50.6 Å². The molecule has 0 unspecified atom stereocenters. The van der Waals surface area contributed by atoms with Gasteiger partial charge < -0.3 is 25.0 Å². The first kappa shape index (κ1) is 31.0. The number of benzene rings is 1. The van der Waals surface area contributed by atoms with Crippen LogP contribution in [0.1, 0.15) is 73.6 Å². The summed E-state index contributed by atoms with van der Waals surface area (Å²) in [4.78, 5) is 45.1. The largest absolute Gasteiger partial charge is 0.495 e. The van der Waals surface area contributed by atoms with E-state index in [9.17, 15) is 9.59 Å². The van der Waals surface area contributed by atoms with Crippen molar-refractivity contribution in [2.75, 3.05) is 30.5 Å². The second-order valence-corrected chi connectivity index (χ2v) is 10.5. The molecule has 224 valence electrons. The molecule has 0 saturated carbocycles. The third kappa shape index (κ3) is 8.75. The van der Waals surface area contributed by atoms with E-state index in [1.807, 2.05) is 11.0 Å². The van der Waals surface area contributed by atoms with Gasteiger partial charge in [0.05, 0.1) is 24.7 Å². The molecule has 12 heteroatoms. The van der Waals surface area contributed by atoms with Crippen LogP contribution in [-0.4, -0.2) is 58.1 Å². The number of aromatic nitrogens is 4. The summed E-state index contributed by atoms with van der Waals surface area (Å²) in [6.07, 6.45) is 11.1. The maximum absolute atomic E-state index is 13.2. The van der Waals surface area contributed by atoms with E-state index in [-0.39, 0.29) is 36.6 Å².